The van der Waals surface area contributed by atoms with Crippen molar-refractivity contribution in [2.24, 2.45) is 4.99 Å². The van der Waals surface area contributed by atoms with Gasteiger partial charge in [0.15, 0.2) is 0 Å². The predicted molar refractivity (Wildman–Crippen MR) is 70.2 cm³/mol. The van der Waals surface area contributed by atoms with Gasteiger partial charge in [0, 0.05) is 0 Å². The van der Waals surface area contributed by atoms with E-state index in [2.05, 4.69) is 11.7 Å². The van der Waals surface area contributed by atoms with E-state index in [-0.39, 0.29) is 12.4 Å². The third kappa shape index (κ3) is 4.38. The summed E-state index contributed by atoms with van der Waals surface area (Å²) < 4.78 is 42.6. The number of aliphatic hydroxyl groups excluding tert-OH is 1. The summed E-state index contributed by atoms with van der Waals surface area (Å²) in [4.78, 5) is 3.66. The molecular weight excluding hydrogens is 271 g/mol. The molecule has 0 amide bonds. The second kappa shape index (κ2) is 6.56. The van der Waals surface area contributed by atoms with Crippen LogP contribution >= 0.6 is 0 Å². The van der Waals surface area contributed by atoms with E-state index in [0.717, 1.165) is 12.1 Å². The number of rotatable bonds is 5. The van der Waals surface area contributed by atoms with Gasteiger partial charge in [0.05, 0.1) is 11.3 Å². The van der Waals surface area contributed by atoms with Gasteiger partial charge in [0.2, 0.25) is 0 Å². The largest absolute Gasteiger partial charge is 0.489 e. The van der Waals surface area contributed by atoms with Crippen molar-refractivity contribution in [3.05, 3.63) is 46.8 Å². The van der Waals surface area contributed by atoms with Crippen LogP contribution in [-0.2, 0) is 17.5 Å². The van der Waals surface area contributed by atoms with Crippen molar-refractivity contribution < 1.29 is 23.0 Å². The minimum Gasteiger partial charge on any atom is -0.489 e. The minimum atomic E-state index is -4.35. The highest BCUT2D eigenvalue weighted by atomic mass is 19.4. The highest BCUT2D eigenvalue weighted by Gasteiger charge is 2.29. The van der Waals surface area contributed by atoms with Crippen LogP contribution in [0.25, 0.3) is 0 Å². The third-order valence-electron chi connectivity index (χ3n) is 2.65. The van der Waals surface area contributed by atoms with Crippen LogP contribution in [0.4, 0.5) is 13.2 Å². The molecule has 0 saturated heterocycles. The third-order valence-corrected chi connectivity index (χ3v) is 2.65. The van der Waals surface area contributed by atoms with Crippen molar-refractivity contribution in [1.29, 1.82) is 0 Å². The van der Waals surface area contributed by atoms with Crippen molar-refractivity contribution >= 4 is 6.72 Å². The Kier molecular flexibility index (Phi) is 5.33. The molecule has 1 aromatic carbocycles. The average molecular weight is 287 g/mol. The van der Waals surface area contributed by atoms with Crippen LogP contribution in [0, 0.1) is 0 Å². The standard InChI is InChI=1S/C14H16F3NO2/c1-9(18-3)13(10(2)19)20-8-11-4-6-12(7-5-11)14(15,16)17/h4-7,10,19H,3,8H2,1-2H3/b13-9-. The Morgan fingerprint density at radius 3 is 2.30 bits per heavy atom. The Bertz CT molecular complexity index is 490. The van der Waals surface area contributed by atoms with E-state index in [1.54, 1.807) is 6.92 Å². The molecule has 0 aromatic heterocycles. The van der Waals surface area contributed by atoms with Gasteiger partial charge in [-0.05, 0) is 38.3 Å². The van der Waals surface area contributed by atoms with Gasteiger partial charge in [-0.3, -0.25) is 4.99 Å². The molecule has 1 rings (SSSR count). The van der Waals surface area contributed by atoms with E-state index in [4.69, 9.17) is 4.74 Å². The number of aliphatic hydroxyl groups is 1. The first-order valence-electron chi connectivity index (χ1n) is 5.90. The second-order valence-corrected chi connectivity index (χ2v) is 4.27. The summed E-state index contributed by atoms with van der Waals surface area (Å²) in [7, 11) is 0. The molecule has 1 unspecified atom stereocenters. The van der Waals surface area contributed by atoms with Gasteiger partial charge < -0.3 is 9.84 Å². The lowest BCUT2D eigenvalue weighted by Crippen LogP contribution is -2.10. The Balaban J connectivity index is 2.78. The number of alkyl halides is 3. The molecular formula is C14H16F3NO2. The molecule has 1 aromatic rings. The van der Waals surface area contributed by atoms with Crippen LogP contribution in [0.3, 0.4) is 0 Å². The monoisotopic (exact) mass is 287 g/mol. The second-order valence-electron chi connectivity index (χ2n) is 4.27. The van der Waals surface area contributed by atoms with Gasteiger partial charge in [-0.2, -0.15) is 13.2 Å². The number of ether oxygens (including phenoxy) is 1. The van der Waals surface area contributed by atoms with Crippen molar-refractivity contribution in [3.8, 4) is 0 Å². The zero-order chi connectivity index (χ0) is 15.3. The Labute approximate surface area is 115 Å². The molecule has 0 aliphatic rings. The fraction of sp³-hybridized carbons (Fsp3) is 0.357. The van der Waals surface area contributed by atoms with Gasteiger partial charge in [0.1, 0.15) is 18.5 Å². The van der Waals surface area contributed by atoms with E-state index >= 15 is 0 Å². The zero-order valence-electron chi connectivity index (χ0n) is 11.2. The summed E-state index contributed by atoms with van der Waals surface area (Å²) in [5.74, 6) is 0.250. The molecule has 1 atom stereocenters. The lowest BCUT2D eigenvalue weighted by atomic mass is 10.1. The summed E-state index contributed by atoms with van der Waals surface area (Å²) in [5.41, 5.74) is 0.288. The summed E-state index contributed by atoms with van der Waals surface area (Å²) in [6.07, 6.45) is -5.22. The van der Waals surface area contributed by atoms with Crippen molar-refractivity contribution in [2.45, 2.75) is 32.7 Å². The van der Waals surface area contributed by atoms with E-state index in [9.17, 15) is 18.3 Å². The van der Waals surface area contributed by atoms with Crippen molar-refractivity contribution in [2.75, 3.05) is 0 Å². The highest BCUT2D eigenvalue weighted by molar-refractivity contribution is 5.30. The lowest BCUT2D eigenvalue weighted by molar-refractivity contribution is -0.137. The average Bonchev–Trinajstić information content (AvgIpc) is 2.37. The number of hydrogen-bond donors (Lipinski definition) is 1. The smallest absolute Gasteiger partial charge is 0.416 e. The van der Waals surface area contributed by atoms with Crippen LogP contribution in [0.2, 0.25) is 0 Å². The van der Waals surface area contributed by atoms with Crippen LogP contribution in [0.5, 0.6) is 0 Å². The number of halogens is 3. The molecule has 0 aliphatic heterocycles. The number of aliphatic imine (C=N–C) groups is 1. The van der Waals surface area contributed by atoms with Crippen molar-refractivity contribution in [1.82, 2.24) is 0 Å². The summed E-state index contributed by atoms with van der Waals surface area (Å²) >= 11 is 0. The first-order chi connectivity index (χ1) is 9.25. The molecule has 0 bridgehead atoms. The Hall–Kier alpha value is -1.82. The summed E-state index contributed by atoms with van der Waals surface area (Å²) in [6, 6.07) is 4.64. The first-order valence-corrected chi connectivity index (χ1v) is 5.90. The molecule has 1 N–H and O–H groups in total. The summed E-state index contributed by atoms with van der Waals surface area (Å²) in [5, 5.41) is 9.52. The molecule has 0 spiro atoms. The van der Waals surface area contributed by atoms with E-state index in [0.29, 0.717) is 11.3 Å². The number of benzene rings is 1. The molecule has 3 nitrogen and oxygen atoms in total. The van der Waals surface area contributed by atoms with Gasteiger partial charge in [-0.1, -0.05) is 12.1 Å². The normalized spacial score (nSPS) is 14.5. The summed E-state index contributed by atoms with van der Waals surface area (Å²) in [6.45, 7) is 6.52. The van der Waals surface area contributed by atoms with Gasteiger partial charge >= 0.3 is 6.18 Å². The molecule has 0 radical (unpaired) electrons. The molecule has 0 heterocycles. The molecule has 6 heteroatoms. The topological polar surface area (TPSA) is 41.8 Å². The fourth-order valence-electron chi connectivity index (χ4n) is 1.56. The molecule has 20 heavy (non-hydrogen) atoms. The maximum atomic E-state index is 12.4. The number of allylic oxidation sites excluding steroid dienone is 1. The van der Waals surface area contributed by atoms with Crippen LogP contribution in [-0.4, -0.2) is 17.9 Å². The van der Waals surface area contributed by atoms with Gasteiger partial charge in [0.25, 0.3) is 0 Å². The zero-order valence-corrected chi connectivity index (χ0v) is 11.2. The fourth-order valence-corrected chi connectivity index (χ4v) is 1.56. The van der Waals surface area contributed by atoms with Gasteiger partial charge in [-0.25, -0.2) is 0 Å². The van der Waals surface area contributed by atoms with Crippen molar-refractivity contribution in [3.63, 3.8) is 0 Å². The van der Waals surface area contributed by atoms with E-state index in [1.165, 1.54) is 19.1 Å². The lowest BCUT2D eigenvalue weighted by Gasteiger charge is -2.15. The van der Waals surface area contributed by atoms with Gasteiger partial charge in [-0.15, -0.1) is 0 Å². The van der Waals surface area contributed by atoms with E-state index < -0.39 is 17.8 Å². The maximum absolute atomic E-state index is 12.4. The Morgan fingerprint density at radius 1 is 1.35 bits per heavy atom. The first kappa shape index (κ1) is 16.2. The number of hydrogen-bond acceptors (Lipinski definition) is 3. The molecule has 0 fully saturated rings. The van der Waals surface area contributed by atoms with Crippen LogP contribution in [0.1, 0.15) is 25.0 Å². The van der Waals surface area contributed by atoms with Crippen LogP contribution < -0.4 is 0 Å². The molecule has 0 saturated carbocycles. The predicted octanol–water partition coefficient (Wildman–Crippen LogP) is 3.53. The molecule has 110 valence electrons. The van der Waals surface area contributed by atoms with Crippen LogP contribution in [0.15, 0.2) is 40.7 Å². The SMILES string of the molecule is C=N/C(C)=C(\OCc1ccc(C(F)(F)F)cc1)C(C)O. The van der Waals surface area contributed by atoms with E-state index in [1.807, 2.05) is 0 Å². The molecule has 0 aliphatic carbocycles. The quantitative estimate of drug-likeness (QED) is 0.665. The highest BCUT2D eigenvalue weighted by Crippen LogP contribution is 2.29. The Morgan fingerprint density at radius 2 is 1.90 bits per heavy atom. The number of nitrogens with zero attached hydrogens (tertiary/aromatic N) is 1. The minimum absolute atomic E-state index is 0.0469. The maximum Gasteiger partial charge on any atom is 0.416 e.